The third-order valence-corrected chi connectivity index (χ3v) is 7.48. The average Bonchev–Trinajstić information content (AvgIpc) is 2.95. The van der Waals surface area contributed by atoms with E-state index in [0.717, 1.165) is 61.8 Å². The monoisotopic (exact) mass is 524 g/mol. The van der Waals surface area contributed by atoms with Gasteiger partial charge in [-0.15, -0.1) is 0 Å². The smallest absolute Gasteiger partial charge is 0.252 e. The van der Waals surface area contributed by atoms with Crippen molar-refractivity contribution in [2.75, 3.05) is 34.8 Å². The zero-order valence-electron chi connectivity index (χ0n) is 22.0. The van der Waals surface area contributed by atoms with Gasteiger partial charge in [0, 0.05) is 62.3 Å². The van der Waals surface area contributed by atoms with Gasteiger partial charge in [-0.2, -0.15) is 5.26 Å². The highest BCUT2D eigenvalue weighted by Gasteiger charge is 2.28. The molecule has 0 saturated carbocycles. The highest BCUT2D eigenvalue weighted by molar-refractivity contribution is 5.98. The van der Waals surface area contributed by atoms with Gasteiger partial charge in [0.15, 0.2) is 0 Å². The summed E-state index contributed by atoms with van der Waals surface area (Å²) in [5, 5.41) is 12.6. The summed E-state index contributed by atoms with van der Waals surface area (Å²) in [6, 6.07) is 11.6. The van der Waals surface area contributed by atoms with Crippen LogP contribution in [-0.4, -0.2) is 52.4 Å². The first kappa shape index (κ1) is 26.1. The molecule has 3 aromatic rings. The highest BCUT2D eigenvalue weighted by atomic mass is 16.2. The summed E-state index contributed by atoms with van der Waals surface area (Å²) in [4.78, 5) is 41.9. The largest absolute Gasteiger partial charge is 0.381 e. The second-order valence-electron chi connectivity index (χ2n) is 10.3. The SMILES string of the molecule is C[C@H]1CN(c2ccc(C#N)cn2)CC[C@H]1Nc1cc(Cc2ccc(N3CCCCC3=O)cn2)ncc1C(N)=O. The lowest BCUT2D eigenvalue weighted by Gasteiger charge is -2.38. The van der Waals surface area contributed by atoms with E-state index in [0.29, 0.717) is 29.7 Å². The number of carbonyl (C=O) groups excluding carboxylic acids is 2. The van der Waals surface area contributed by atoms with Crippen LogP contribution in [0.3, 0.4) is 0 Å². The Balaban J connectivity index is 1.27. The standard InChI is InChI=1S/C29H32N8O2/c1-19-18-36(27-8-5-20(14-30)15-34-27)11-9-25(19)35-26-13-22(33-17-24(26)29(31)39)12-21-6-7-23(16-32-21)37-10-3-2-4-28(37)38/h5-8,13,15-17,19,25H,2-4,9-12,18H2,1H3,(H2,31,39)(H,33,35)/t19-,25+/m0/s1. The molecule has 3 N–H and O–H groups in total. The van der Waals surface area contributed by atoms with Gasteiger partial charge >= 0.3 is 0 Å². The number of primary amides is 1. The van der Waals surface area contributed by atoms with Crippen LogP contribution in [0.25, 0.3) is 0 Å². The van der Waals surface area contributed by atoms with Crippen molar-refractivity contribution in [3.05, 3.63) is 71.4 Å². The van der Waals surface area contributed by atoms with E-state index in [2.05, 4.69) is 38.2 Å². The molecule has 5 rings (SSSR count). The van der Waals surface area contributed by atoms with Crippen LogP contribution >= 0.6 is 0 Å². The number of anilines is 3. The number of hydrogen-bond donors (Lipinski definition) is 2. The maximum atomic E-state index is 12.2. The fourth-order valence-electron chi connectivity index (χ4n) is 5.26. The minimum absolute atomic E-state index is 0.132. The molecular formula is C29H32N8O2. The molecule has 2 saturated heterocycles. The number of nitrogens with one attached hydrogen (secondary N) is 1. The van der Waals surface area contributed by atoms with Crippen LogP contribution in [0.4, 0.5) is 17.2 Å². The second-order valence-corrected chi connectivity index (χ2v) is 10.3. The first-order valence-electron chi connectivity index (χ1n) is 13.3. The molecule has 39 heavy (non-hydrogen) atoms. The summed E-state index contributed by atoms with van der Waals surface area (Å²) in [6.45, 7) is 4.47. The molecule has 0 bridgehead atoms. The Bertz CT molecular complexity index is 1380. The van der Waals surface area contributed by atoms with E-state index in [4.69, 9.17) is 11.0 Å². The number of nitriles is 1. The number of rotatable bonds is 7. The number of nitrogens with zero attached hydrogens (tertiary/aromatic N) is 6. The Hall–Kier alpha value is -4.52. The number of pyridine rings is 3. The Kier molecular flexibility index (Phi) is 7.68. The zero-order chi connectivity index (χ0) is 27.4. The van der Waals surface area contributed by atoms with Crippen molar-refractivity contribution in [3.8, 4) is 6.07 Å². The first-order valence-corrected chi connectivity index (χ1v) is 13.3. The molecule has 10 heteroatoms. The lowest BCUT2D eigenvalue weighted by Crippen LogP contribution is -2.45. The zero-order valence-corrected chi connectivity index (χ0v) is 22.0. The predicted molar refractivity (Wildman–Crippen MR) is 148 cm³/mol. The molecule has 2 aliphatic heterocycles. The Morgan fingerprint density at radius 1 is 1.10 bits per heavy atom. The number of piperidine rings is 2. The Labute approximate surface area is 227 Å². The summed E-state index contributed by atoms with van der Waals surface area (Å²) in [5.74, 6) is 0.729. The number of carbonyl (C=O) groups is 2. The van der Waals surface area contributed by atoms with Crippen molar-refractivity contribution < 1.29 is 9.59 Å². The van der Waals surface area contributed by atoms with E-state index in [1.54, 1.807) is 23.4 Å². The number of amides is 2. The summed E-state index contributed by atoms with van der Waals surface area (Å²) in [5.41, 5.74) is 9.65. The molecule has 0 aromatic carbocycles. The van der Waals surface area contributed by atoms with Gasteiger partial charge in [0.05, 0.1) is 28.7 Å². The third kappa shape index (κ3) is 5.98. The maximum Gasteiger partial charge on any atom is 0.252 e. The summed E-state index contributed by atoms with van der Waals surface area (Å²) < 4.78 is 0. The van der Waals surface area contributed by atoms with Gasteiger partial charge in [-0.1, -0.05) is 6.92 Å². The van der Waals surface area contributed by atoms with E-state index in [-0.39, 0.29) is 17.9 Å². The van der Waals surface area contributed by atoms with E-state index in [1.807, 2.05) is 24.3 Å². The summed E-state index contributed by atoms with van der Waals surface area (Å²) in [7, 11) is 0. The summed E-state index contributed by atoms with van der Waals surface area (Å²) in [6.07, 6.45) is 8.72. The van der Waals surface area contributed by atoms with Crippen molar-refractivity contribution >= 4 is 29.0 Å². The average molecular weight is 525 g/mol. The molecule has 2 amide bonds. The molecule has 3 aromatic heterocycles. The molecule has 0 spiro atoms. The molecule has 0 unspecified atom stereocenters. The van der Waals surface area contributed by atoms with Gasteiger partial charge in [0.25, 0.3) is 5.91 Å². The lowest BCUT2D eigenvalue weighted by atomic mass is 9.93. The topological polar surface area (TPSA) is 141 Å². The Morgan fingerprint density at radius 2 is 1.95 bits per heavy atom. The van der Waals surface area contributed by atoms with Crippen LogP contribution in [0.1, 0.15) is 59.9 Å². The minimum Gasteiger partial charge on any atom is -0.381 e. The van der Waals surface area contributed by atoms with Gasteiger partial charge in [0.2, 0.25) is 5.91 Å². The maximum absolute atomic E-state index is 12.2. The first-order chi connectivity index (χ1) is 18.9. The molecule has 2 fully saturated rings. The fourth-order valence-corrected chi connectivity index (χ4v) is 5.26. The van der Waals surface area contributed by atoms with Crippen LogP contribution in [0.5, 0.6) is 0 Å². The molecular weight excluding hydrogens is 492 g/mol. The Morgan fingerprint density at radius 3 is 2.62 bits per heavy atom. The fraction of sp³-hybridized carbons (Fsp3) is 0.379. The van der Waals surface area contributed by atoms with Gasteiger partial charge in [-0.25, -0.2) is 4.98 Å². The van der Waals surface area contributed by atoms with Crippen LogP contribution in [0, 0.1) is 17.2 Å². The van der Waals surface area contributed by atoms with Crippen molar-refractivity contribution in [2.45, 2.75) is 45.1 Å². The van der Waals surface area contributed by atoms with Crippen LogP contribution in [-0.2, 0) is 11.2 Å². The lowest BCUT2D eigenvalue weighted by molar-refractivity contribution is -0.119. The van der Waals surface area contributed by atoms with E-state index in [9.17, 15) is 9.59 Å². The minimum atomic E-state index is -0.530. The van der Waals surface area contributed by atoms with Gasteiger partial charge in [-0.05, 0) is 55.5 Å². The quantitative estimate of drug-likeness (QED) is 0.480. The summed E-state index contributed by atoms with van der Waals surface area (Å²) >= 11 is 0. The third-order valence-electron chi connectivity index (χ3n) is 7.48. The van der Waals surface area contributed by atoms with Crippen molar-refractivity contribution in [1.82, 2.24) is 15.0 Å². The molecule has 0 radical (unpaired) electrons. The molecule has 200 valence electrons. The van der Waals surface area contributed by atoms with Crippen molar-refractivity contribution in [1.29, 1.82) is 5.26 Å². The number of aromatic nitrogens is 3. The number of nitrogens with two attached hydrogens (primary N) is 1. The van der Waals surface area contributed by atoms with E-state index < -0.39 is 5.91 Å². The second kappa shape index (κ2) is 11.5. The molecule has 5 heterocycles. The molecule has 0 aliphatic carbocycles. The van der Waals surface area contributed by atoms with Crippen LogP contribution in [0.15, 0.2) is 48.9 Å². The molecule has 2 atom stereocenters. The van der Waals surface area contributed by atoms with Crippen LogP contribution < -0.4 is 20.9 Å². The number of hydrogen-bond acceptors (Lipinski definition) is 8. The van der Waals surface area contributed by atoms with Crippen LogP contribution in [0.2, 0.25) is 0 Å². The van der Waals surface area contributed by atoms with E-state index in [1.165, 1.54) is 6.20 Å². The molecule has 10 nitrogen and oxygen atoms in total. The van der Waals surface area contributed by atoms with Crippen molar-refractivity contribution in [3.63, 3.8) is 0 Å². The van der Waals surface area contributed by atoms with Gasteiger partial charge in [-0.3, -0.25) is 19.6 Å². The van der Waals surface area contributed by atoms with Crippen molar-refractivity contribution in [2.24, 2.45) is 11.7 Å². The van der Waals surface area contributed by atoms with Gasteiger partial charge in [0.1, 0.15) is 11.9 Å². The normalized spacial score (nSPS) is 19.4. The van der Waals surface area contributed by atoms with Gasteiger partial charge < -0.3 is 20.9 Å². The highest BCUT2D eigenvalue weighted by Crippen LogP contribution is 2.27. The van der Waals surface area contributed by atoms with E-state index >= 15 is 0 Å². The molecule has 2 aliphatic rings. The predicted octanol–water partition coefficient (Wildman–Crippen LogP) is 3.28.